The zero-order chi connectivity index (χ0) is 15.9. The first kappa shape index (κ1) is 14.6. The average molecular weight is 336 g/mol. The first-order valence-corrected chi connectivity index (χ1v) is 6.90. The van der Waals surface area contributed by atoms with E-state index in [1.54, 1.807) is 12.1 Å². The number of hydrogen-bond donors (Lipinski definition) is 0. The molecule has 2 aromatic rings. The van der Waals surface area contributed by atoms with Gasteiger partial charge in [-0.25, -0.2) is 4.79 Å². The number of halogens is 2. The molecule has 3 rings (SSSR count). The highest BCUT2D eigenvalue weighted by Crippen LogP contribution is 2.25. The van der Waals surface area contributed by atoms with Crippen LogP contribution in [0.5, 0.6) is 0 Å². The second-order valence-corrected chi connectivity index (χ2v) is 5.30. The molecule has 5 nitrogen and oxygen atoms in total. The van der Waals surface area contributed by atoms with Gasteiger partial charge in [-0.15, -0.1) is 0 Å². The smallest absolute Gasteiger partial charge is 0.324 e. The fourth-order valence-corrected chi connectivity index (χ4v) is 2.52. The highest BCUT2D eigenvalue weighted by molar-refractivity contribution is 6.36. The Morgan fingerprint density at radius 1 is 0.955 bits per heavy atom. The number of hydrogen-bond acceptors (Lipinski definition) is 4. The third-order valence-electron chi connectivity index (χ3n) is 3.08. The molecule has 1 heterocycles. The summed E-state index contributed by atoms with van der Waals surface area (Å²) in [7, 11) is 0. The number of benzene rings is 2. The minimum atomic E-state index is -0.920. The number of hydroxylamine groups is 2. The Hall–Kier alpha value is -2.37. The van der Waals surface area contributed by atoms with Crippen LogP contribution in [0.15, 0.2) is 42.5 Å². The summed E-state index contributed by atoms with van der Waals surface area (Å²) in [6, 6.07) is 10.4. The van der Waals surface area contributed by atoms with E-state index in [9.17, 15) is 14.4 Å². The first-order valence-electron chi connectivity index (χ1n) is 6.14. The Bertz CT molecular complexity index is 784. The predicted molar refractivity (Wildman–Crippen MR) is 78.8 cm³/mol. The van der Waals surface area contributed by atoms with E-state index in [4.69, 9.17) is 28.0 Å². The van der Waals surface area contributed by atoms with E-state index in [0.717, 1.165) is 0 Å². The number of amides is 2. The summed E-state index contributed by atoms with van der Waals surface area (Å²) in [5.74, 6) is -2.31. The summed E-state index contributed by atoms with van der Waals surface area (Å²) in [5.41, 5.74) is 0.368. The molecule has 1 aliphatic rings. The average Bonchev–Trinajstić information content (AvgIpc) is 2.73. The molecule has 0 unspecified atom stereocenters. The largest absolute Gasteiger partial charge is 0.365 e. The van der Waals surface area contributed by atoms with Crippen molar-refractivity contribution in [1.82, 2.24) is 5.06 Å². The SMILES string of the molecule is O=C(ON1C(=O)c2ccccc2C1=O)c1ccc(Cl)cc1Cl. The number of rotatable bonds is 2. The van der Waals surface area contributed by atoms with Gasteiger partial charge in [0.2, 0.25) is 0 Å². The maximum atomic E-state index is 12.1. The molecule has 0 saturated carbocycles. The van der Waals surface area contributed by atoms with Crippen LogP contribution in [0.25, 0.3) is 0 Å². The normalized spacial score (nSPS) is 13.3. The summed E-state index contributed by atoms with van der Waals surface area (Å²) in [6.07, 6.45) is 0. The van der Waals surface area contributed by atoms with Gasteiger partial charge in [-0.3, -0.25) is 9.59 Å². The third kappa shape index (κ3) is 2.34. The number of nitrogens with zero attached hydrogens (tertiary/aromatic N) is 1. The molecule has 7 heteroatoms. The van der Waals surface area contributed by atoms with Crippen molar-refractivity contribution in [3.05, 3.63) is 69.2 Å². The molecule has 0 aliphatic carbocycles. The van der Waals surface area contributed by atoms with Crippen LogP contribution in [0, 0.1) is 0 Å². The molecule has 0 N–H and O–H groups in total. The second kappa shape index (κ2) is 5.44. The maximum absolute atomic E-state index is 12.1. The van der Waals surface area contributed by atoms with Crippen molar-refractivity contribution in [1.29, 1.82) is 0 Å². The number of carbonyl (C=O) groups is 3. The van der Waals surface area contributed by atoms with E-state index in [0.29, 0.717) is 10.1 Å². The lowest BCUT2D eigenvalue weighted by Crippen LogP contribution is -2.32. The highest BCUT2D eigenvalue weighted by atomic mass is 35.5. The summed E-state index contributed by atoms with van der Waals surface area (Å²) in [6.45, 7) is 0. The Morgan fingerprint density at radius 2 is 1.55 bits per heavy atom. The highest BCUT2D eigenvalue weighted by Gasteiger charge is 2.38. The predicted octanol–water partition coefficient (Wildman–Crippen LogP) is 3.36. The quantitative estimate of drug-likeness (QED) is 0.789. The molecule has 0 fully saturated rings. The molecule has 2 amide bonds. The van der Waals surface area contributed by atoms with Crippen LogP contribution in [-0.2, 0) is 4.84 Å². The molecule has 0 bridgehead atoms. The summed E-state index contributed by atoms with van der Waals surface area (Å²) in [4.78, 5) is 41.1. The standard InChI is InChI=1S/C15H7Cl2NO4/c16-8-5-6-11(12(17)7-8)15(21)22-18-13(19)9-3-1-2-4-10(9)14(18)20/h1-7H. The summed E-state index contributed by atoms with van der Waals surface area (Å²) in [5, 5.41) is 0.842. The topological polar surface area (TPSA) is 63.7 Å². The Morgan fingerprint density at radius 3 is 2.09 bits per heavy atom. The lowest BCUT2D eigenvalue weighted by atomic mass is 10.1. The van der Waals surface area contributed by atoms with Gasteiger partial charge < -0.3 is 4.84 Å². The Kier molecular flexibility index (Phi) is 3.60. The van der Waals surface area contributed by atoms with Crippen molar-refractivity contribution in [3.63, 3.8) is 0 Å². The van der Waals surface area contributed by atoms with Crippen molar-refractivity contribution in [2.45, 2.75) is 0 Å². The van der Waals surface area contributed by atoms with Crippen LogP contribution in [0.3, 0.4) is 0 Å². The van der Waals surface area contributed by atoms with E-state index in [1.807, 2.05) is 0 Å². The van der Waals surface area contributed by atoms with E-state index in [-0.39, 0.29) is 21.7 Å². The number of imide groups is 1. The summed E-state index contributed by atoms with van der Waals surface area (Å²) < 4.78 is 0. The van der Waals surface area contributed by atoms with Gasteiger partial charge in [-0.05, 0) is 30.3 Å². The van der Waals surface area contributed by atoms with Crippen LogP contribution < -0.4 is 0 Å². The Balaban J connectivity index is 1.87. The molecular formula is C15H7Cl2NO4. The van der Waals surface area contributed by atoms with E-state index < -0.39 is 17.8 Å². The van der Waals surface area contributed by atoms with Gasteiger partial charge in [0, 0.05) is 5.02 Å². The third-order valence-corrected chi connectivity index (χ3v) is 3.63. The van der Waals surface area contributed by atoms with E-state index in [1.165, 1.54) is 30.3 Å². The number of carbonyl (C=O) groups excluding carboxylic acids is 3. The van der Waals surface area contributed by atoms with Crippen molar-refractivity contribution in [3.8, 4) is 0 Å². The minimum Gasteiger partial charge on any atom is -0.324 e. The lowest BCUT2D eigenvalue weighted by Gasteiger charge is -2.13. The maximum Gasteiger partial charge on any atom is 0.365 e. The molecule has 22 heavy (non-hydrogen) atoms. The minimum absolute atomic E-state index is 0.00243. The molecule has 0 atom stereocenters. The van der Waals surface area contributed by atoms with Crippen LogP contribution in [-0.4, -0.2) is 22.8 Å². The van der Waals surface area contributed by atoms with Gasteiger partial charge in [0.05, 0.1) is 21.7 Å². The molecule has 0 radical (unpaired) electrons. The van der Waals surface area contributed by atoms with Crippen molar-refractivity contribution in [2.75, 3.05) is 0 Å². The fourth-order valence-electron chi connectivity index (χ4n) is 2.04. The zero-order valence-corrected chi connectivity index (χ0v) is 12.4. The van der Waals surface area contributed by atoms with Crippen LogP contribution in [0.1, 0.15) is 31.1 Å². The van der Waals surface area contributed by atoms with Crippen molar-refractivity contribution < 1.29 is 19.2 Å². The van der Waals surface area contributed by atoms with E-state index >= 15 is 0 Å². The van der Waals surface area contributed by atoms with Gasteiger partial charge in [0.25, 0.3) is 11.8 Å². The second-order valence-electron chi connectivity index (χ2n) is 4.45. The first-order chi connectivity index (χ1) is 10.5. The van der Waals surface area contributed by atoms with Gasteiger partial charge in [-0.1, -0.05) is 40.4 Å². The van der Waals surface area contributed by atoms with Gasteiger partial charge in [0.1, 0.15) is 0 Å². The van der Waals surface area contributed by atoms with Gasteiger partial charge in [-0.2, -0.15) is 0 Å². The number of fused-ring (bicyclic) bond motifs is 1. The van der Waals surface area contributed by atoms with Crippen molar-refractivity contribution >= 4 is 41.0 Å². The van der Waals surface area contributed by atoms with Crippen molar-refractivity contribution in [2.24, 2.45) is 0 Å². The van der Waals surface area contributed by atoms with Gasteiger partial charge >= 0.3 is 5.97 Å². The summed E-state index contributed by atoms with van der Waals surface area (Å²) >= 11 is 11.6. The van der Waals surface area contributed by atoms with Gasteiger partial charge in [0.15, 0.2) is 0 Å². The monoisotopic (exact) mass is 335 g/mol. The molecule has 1 aliphatic heterocycles. The lowest BCUT2D eigenvalue weighted by molar-refractivity contribution is -0.0584. The molecule has 110 valence electrons. The van der Waals surface area contributed by atoms with Crippen LogP contribution in [0.2, 0.25) is 10.0 Å². The molecule has 0 saturated heterocycles. The molecule has 0 spiro atoms. The fraction of sp³-hybridized carbons (Fsp3) is 0. The van der Waals surface area contributed by atoms with Crippen LogP contribution in [0.4, 0.5) is 0 Å². The van der Waals surface area contributed by atoms with E-state index in [2.05, 4.69) is 0 Å². The molecule has 2 aromatic carbocycles. The molecule has 0 aromatic heterocycles. The molecular weight excluding hydrogens is 329 g/mol. The van der Waals surface area contributed by atoms with Crippen LogP contribution >= 0.6 is 23.2 Å². The zero-order valence-electron chi connectivity index (χ0n) is 10.9. The Labute approximate surface area is 134 Å².